The van der Waals surface area contributed by atoms with Gasteiger partial charge in [-0.25, -0.2) is 0 Å². The van der Waals surface area contributed by atoms with Crippen LogP contribution in [0.2, 0.25) is 0 Å². The van der Waals surface area contributed by atoms with Crippen molar-refractivity contribution in [2.75, 3.05) is 39.4 Å². The van der Waals surface area contributed by atoms with Gasteiger partial charge in [-0.1, -0.05) is 0 Å². The van der Waals surface area contributed by atoms with Crippen LogP contribution in [0.3, 0.4) is 0 Å². The van der Waals surface area contributed by atoms with Crippen LogP contribution >= 0.6 is 0 Å². The number of hydrogen-bond donors (Lipinski definition) is 2. The monoisotopic (exact) mass is 348 g/mol. The first-order valence-corrected chi connectivity index (χ1v) is 8.48. The summed E-state index contributed by atoms with van der Waals surface area (Å²) in [5.41, 5.74) is 1.89. The summed E-state index contributed by atoms with van der Waals surface area (Å²) in [4.78, 5) is 27.9. The Morgan fingerprint density at radius 3 is 2.48 bits per heavy atom. The Morgan fingerprint density at radius 2 is 1.84 bits per heavy atom. The number of aryl methyl sites for hydroxylation is 2. The first-order valence-electron chi connectivity index (χ1n) is 8.48. The second-order valence-corrected chi connectivity index (χ2v) is 7.06. The zero-order chi connectivity index (χ0) is 18.1. The molecule has 3 rings (SSSR count). The smallest absolute Gasteiger partial charge is 0.317 e. The average Bonchev–Trinajstić information content (AvgIpc) is 2.81. The SMILES string of the molecule is Cc1cc(C(=O)N2C[C@H]3COC[C@@H]2CN(CC(=O)O)C3)cc(C)c1O. The zero-order valence-electron chi connectivity index (χ0n) is 14.6. The molecule has 0 aliphatic carbocycles. The van der Waals surface area contributed by atoms with Gasteiger partial charge in [0, 0.05) is 31.1 Å². The Hall–Kier alpha value is -2.12. The maximum atomic E-state index is 13.1. The molecule has 0 radical (unpaired) electrons. The predicted octanol–water partition coefficient (Wildman–Crippen LogP) is 0.866. The van der Waals surface area contributed by atoms with Gasteiger partial charge in [0.2, 0.25) is 0 Å². The fraction of sp³-hybridized carbons (Fsp3) is 0.556. The van der Waals surface area contributed by atoms with Gasteiger partial charge in [-0.3, -0.25) is 14.5 Å². The fourth-order valence-corrected chi connectivity index (χ4v) is 3.75. The number of aromatic hydroxyl groups is 1. The van der Waals surface area contributed by atoms with E-state index in [1.165, 1.54) is 0 Å². The standard InChI is InChI=1S/C18H24N2O5/c1-11-3-14(4-12(2)17(11)23)18(24)20-6-13-5-19(8-16(21)22)7-15(20)10-25-9-13/h3-4,13,15,23H,5-10H2,1-2H3,(H,21,22)/t13-,15-/m0/s1. The Labute approximate surface area is 146 Å². The summed E-state index contributed by atoms with van der Waals surface area (Å²) in [5, 5.41) is 19.0. The second-order valence-electron chi connectivity index (χ2n) is 7.06. The Kier molecular flexibility index (Phi) is 4.96. The predicted molar refractivity (Wildman–Crippen MR) is 90.8 cm³/mol. The van der Waals surface area contributed by atoms with Crippen molar-refractivity contribution in [1.82, 2.24) is 9.80 Å². The molecule has 7 nitrogen and oxygen atoms in total. The van der Waals surface area contributed by atoms with E-state index >= 15 is 0 Å². The van der Waals surface area contributed by atoms with E-state index in [1.807, 2.05) is 9.80 Å². The number of aliphatic carboxylic acids is 1. The molecule has 2 aliphatic heterocycles. The van der Waals surface area contributed by atoms with Crippen molar-refractivity contribution in [3.8, 4) is 5.75 Å². The normalized spacial score (nSPS) is 24.0. The molecule has 0 aromatic heterocycles. The van der Waals surface area contributed by atoms with Crippen molar-refractivity contribution >= 4 is 11.9 Å². The number of ether oxygens (including phenoxy) is 1. The van der Waals surface area contributed by atoms with Crippen LogP contribution in [-0.2, 0) is 9.53 Å². The highest BCUT2D eigenvalue weighted by atomic mass is 16.5. The number of rotatable bonds is 3. The van der Waals surface area contributed by atoms with Crippen LogP contribution in [0, 0.1) is 19.8 Å². The van der Waals surface area contributed by atoms with Crippen molar-refractivity contribution in [2.24, 2.45) is 5.92 Å². The van der Waals surface area contributed by atoms with Crippen molar-refractivity contribution in [2.45, 2.75) is 19.9 Å². The van der Waals surface area contributed by atoms with Crippen LogP contribution in [0.4, 0.5) is 0 Å². The molecule has 25 heavy (non-hydrogen) atoms. The molecule has 1 aromatic carbocycles. The molecule has 2 atom stereocenters. The molecule has 2 bridgehead atoms. The first kappa shape index (κ1) is 17.7. The lowest BCUT2D eigenvalue weighted by molar-refractivity contribution is -0.138. The minimum atomic E-state index is -0.858. The summed E-state index contributed by atoms with van der Waals surface area (Å²) in [6.07, 6.45) is 0. The molecule has 2 heterocycles. The molecule has 2 fully saturated rings. The number of hydrogen-bond acceptors (Lipinski definition) is 5. The van der Waals surface area contributed by atoms with E-state index in [0.29, 0.717) is 49.5 Å². The van der Waals surface area contributed by atoms with Crippen LogP contribution in [0.1, 0.15) is 21.5 Å². The second kappa shape index (κ2) is 7.01. The number of phenols is 1. The van der Waals surface area contributed by atoms with Gasteiger partial charge in [-0.2, -0.15) is 0 Å². The third kappa shape index (κ3) is 3.77. The summed E-state index contributed by atoms with van der Waals surface area (Å²) in [5.74, 6) is -0.648. The lowest BCUT2D eigenvalue weighted by Crippen LogP contribution is -2.47. The Bertz CT molecular complexity index is 667. The van der Waals surface area contributed by atoms with Crippen LogP contribution in [-0.4, -0.2) is 77.3 Å². The van der Waals surface area contributed by atoms with Gasteiger partial charge in [0.25, 0.3) is 5.91 Å². The molecule has 2 aliphatic rings. The number of carboxylic acid groups (broad SMARTS) is 1. The molecular formula is C18H24N2O5. The largest absolute Gasteiger partial charge is 0.507 e. The zero-order valence-corrected chi connectivity index (χ0v) is 14.6. The van der Waals surface area contributed by atoms with Gasteiger partial charge in [0.1, 0.15) is 5.75 Å². The van der Waals surface area contributed by atoms with Gasteiger partial charge in [-0.15, -0.1) is 0 Å². The third-order valence-electron chi connectivity index (χ3n) is 4.90. The van der Waals surface area contributed by atoms with E-state index in [0.717, 1.165) is 0 Å². The number of carboxylic acids is 1. The molecule has 136 valence electrons. The van der Waals surface area contributed by atoms with Gasteiger partial charge in [0.15, 0.2) is 0 Å². The van der Waals surface area contributed by atoms with Crippen molar-refractivity contribution in [3.63, 3.8) is 0 Å². The number of carbonyl (C=O) groups excluding carboxylic acids is 1. The van der Waals surface area contributed by atoms with Gasteiger partial charge in [0.05, 0.1) is 25.8 Å². The fourth-order valence-electron chi connectivity index (χ4n) is 3.75. The summed E-state index contributed by atoms with van der Waals surface area (Å²) in [7, 11) is 0. The Morgan fingerprint density at radius 1 is 1.16 bits per heavy atom. The molecule has 0 unspecified atom stereocenters. The van der Waals surface area contributed by atoms with Crippen LogP contribution in [0.15, 0.2) is 12.1 Å². The van der Waals surface area contributed by atoms with Gasteiger partial charge in [-0.05, 0) is 37.1 Å². The number of fused-ring (bicyclic) bond motifs is 3. The highest BCUT2D eigenvalue weighted by Crippen LogP contribution is 2.26. The molecule has 7 heteroatoms. The van der Waals surface area contributed by atoms with Crippen LogP contribution in [0.25, 0.3) is 0 Å². The Balaban J connectivity index is 1.86. The van der Waals surface area contributed by atoms with E-state index in [1.54, 1.807) is 26.0 Å². The summed E-state index contributed by atoms with van der Waals surface area (Å²) < 4.78 is 5.69. The van der Waals surface area contributed by atoms with Crippen molar-refractivity contribution in [1.29, 1.82) is 0 Å². The number of phenolic OH excluding ortho intramolecular Hbond substituents is 1. The van der Waals surface area contributed by atoms with Crippen molar-refractivity contribution in [3.05, 3.63) is 28.8 Å². The van der Waals surface area contributed by atoms with Gasteiger partial charge < -0.3 is 19.8 Å². The highest BCUT2D eigenvalue weighted by molar-refractivity contribution is 5.95. The molecule has 1 aromatic rings. The molecule has 0 saturated carbocycles. The van der Waals surface area contributed by atoms with Crippen LogP contribution < -0.4 is 0 Å². The molecule has 2 N–H and O–H groups in total. The maximum Gasteiger partial charge on any atom is 0.317 e. The summed E-state index contributed by atoms with van der Waals surface area (Å²) >= 11 is 0. The average molecular weight is 348 g/mol. The lowest BCUT2D eigenvalue weighted by atomic mass is 10.0. The van der Waals surface area contributed by atoms with Crippen LogP contribution in [0.5, 0.6) is 5.75 Å². The number of nitrogens with zero attached hydrogens (tertiary/aromatic N) is 2. The lowest BCUT2D eigenvalue weighted by Gasteiger charge is -2.30. The molecule has 1 amide bonds. The molecule has 2 saturated heterocycles. The molecular weight excluding hydrogens is 324 g/mol. The van der Waals surface area contributed by atoms with E-state index < -0.39 is 5.97 Å². The number of carbonyl (C=O) groups is 2. The van der Waals surface area contributed by atoms with E-state index in [2.05, 4.69) is 0 Å². The van der Waals surface area contributed by atoms with E-state index in [4.69, 9.17) is 9.84 Å². The third-order valence-corrected chi connectivity index (χ3v) is 4.90. The van der Waals surface area contributed by atoms with Crippen molar-refractivity contribution < 1.29 is 24.5 Å². The highest BCUT2D eigenvalue weighted by Gasteiger charge is 2.36. The maximum absolute atomic E-state index is 13.1. The quantitative estimate of drug-likeness (QED) is 0.842. The summed E-state index contributed by atoms with van der Waals surface area (Å²) in [6.45, 7) is 6.13. The number of benzene rings is 1. The minimum Gasteiger partial charge on any atom is -0.507 e. The minimum absolute atomic E-state index is 0.0214. The topological polar surface area (TPSA) is 90.3 Å². The van der Waals surface area contributed by atoms with E-state index in [-0.39, 0.29) is 30.2 Å². The summed E-state index contributed by atoms with van der Waals surface area (Å²) in [6, 6.07) is 3.24. The van der Waals surface area contributed by atoms with Gasteiger partial charge >= 0.3 is 5.97 Å². The first-order chi connectivity index (χ1) is 11.8. The molecule has 0 spiro atoms. The van der Waals surface area contributed by atoms with E-state index in [9.17, 15) is 14.7 Å². The number of amides is 1.